The average molecular weight is 278 g/mol. The summed E-state index contributed by atoms with van der Waals surface area (Å²) >= 11 is 0. The van der Waals surface area contributed by atoms with E-state index >= 15 is 0 Å². The normalized spacial score (nSPS) is 22.2. The first-order chi connectivity index (χ1) is 9.74. The second-order valence-corrected chi connectivity index (χ2v) is 5.07. The van der Waals surface area contributed by atoms with Crippen molar-refractivity contribution in [2.45, 2.75) is 31.4 Å². The van der Waals surface area contributed by atoms with Crippen molar-refractivity contribution in [1.82, 2.24) is 9.88 Å². The predicted molar refractivity (Wildman–Crippen MR) is 75.3 cm³/mol. The zero-order valence-corrected chi connectivity index (χ0v) is 12.1. The van der Waals surface area contributed by atoms with Gasteiger partial charge >= 0.3 is 0 Å². The van der Waals surface area contributed by atoms with Gasteiger partial charge in [-0.25, -0.2) is 0 Å². The van der Waals surface area contributed by atoms with Crippen LogP contribution in [0.1, 0.15) is 18.5 Å². The first-order valence-corrected chi connectivity index (χ1v) is 6.95. The van der Waals surface area contributed by atoms with Crippen molar-refractivity contribution in [3.8, 4) is 0 Å². The SMILES string of the molecule is COC[C@@H]1C[C@@H](OC)CN1C(=O)CCc1ccccn1. The highest BCUT2D eigenvalue weighted by molar-refractivity contribution is 5.77. The third-order valence-corrected chi connectivity index (χ3v) is 3.71. The Balaban J connectivity index is 1.90. The number of likely N-dealkylation sites (tertiary alicyclic amines) is 1. The Kier molecular flexibility index (Phi) is 5.49. The second kappa shape index (κ2) is 7.36. The number of methoxy groups -OCH3 is 2. The maximum absolute atomic E-state index is 12.4. The molecule has 0 unspecified atom stereocenters. The zero-order valence-electron chi connectivity index (χ0n) is 12.1. The van der Waals surface area contributed by atoms with E-state index in [4.69, 9.17) is 9.47 Å². The molecular weight excluding hydrogens is 256 g/mol. The number of aromatic nitrogens is 1. The molecule has 20 heavy (non-hydrogen) atoms. The minimum Gasteiger partial charge on any atom is -0.383 e. The van der Waals surface area contributed by atoms with Crippen LogP contribution in [0.4, 0.5) is 0 Å². The van der Waals surface area contributed by atoms with E-state index in [9.17, 15) is 4.79 Å². The summed E-state index contributed by atoms with van der Waals surface area (Å²) in [5.74, 6) is 0.150. The Morgan fingerprint density at radius 1 is 1.45 bits per heavy atom. The van der Waals surface area contributed by atoms with Gasteiger partial charge in [0, 0.05) is 39.1 Å². The quantitative estimate of drug-likeness (QED) is 0.786. The van der Waals surface area contributed by atoms with Gasteiger partial charge in [-0.3, -0.25) is 9.78 Å². The summed E-state index contributed by atoms with van der Waals surface area (Å²) in [5.41, 5.74) is 0.951. The van der Waals surface area contributed by atoms with E-state index in [1.807, 2.05) is 23.1 Å². The van der Waals surface area contributed by atoms with Gasteiger partial charge in [0.1, 0.15) is 0 Å². The maximum atomic E-state index is 12.4. The van der Waals surface area contributed by atoms with Gasteiger partial charge in [0.25, 0.3) is 0 Å². The minimum atomic E-state index is 0.119. The fraction of sp³-hybridized carbons (Fsp3) is 0.600. The van der Waals surface area contributed by atoms with Crippen LogP contribution in [-0.4, -0.2) is 55.3 Å². The van der Waals surface area contributed by atoms with Crippen molar-refractivity contribution < 1.29 is 14.3 Å². The third kappa shape index (κ3) is 3.77. The van der Waals surface area contributed by atoms with Crippen LogP contribution in [-0.2, 0) is 20.7 Å². The molecule has 1 aliphatic heterocycles. The lowest BCUT2D eigenvalue weighted by atomic mass is 10.2. The van der Waals surface area contributed by atoms with E-state index in [0.29, 0.717) is 26.0 Å². The molecule has 1 saturated heterocycles. The molecule has 0 aromatic carbocycles. The molecule has 1 aromatic rings. The number of hydrogen-bond donors (Lipinski definition) is 0. The molecule has 1 aromatic heterocycles. The van der Waals surface area contributed by atoms with Gasteiger partial charge in [-0.1, -0.05) is 6.07 Å². The monoisotopic (exact) mass is 278 g/mol. The summed E-state index contributed by atoms with van der Waals surface area (Å²) in [5, 5.41) is 0. The number of pyridine rings is 1. The smallest absolute Gasteiger partial charge is 0.223 e. The van der Waals surface area contributed by atoms with Gasteiger partial charge in [-0.2, -0.15) is 0 Å². The molecule has 0 spiro atoms. The molecule has 5 nitrogen and oxygen atoms in total. The Morgan fingerprint density at radius 2 is 2.30 bits per heavy atom. The van der Waals surface area contributed by atoms with Crippen LogP contribution in [0.15, 0.2) is 24.4 Å². The Hall–Kier alpha value is -1.46. The van der Waals surface area contributed by atoms with Gasteiger partial charge in [-0.15, -0.1) is 0 Å². The summed E-state index contributed by atoms with van der Waals surface area (Å²) in [4.78, 5) is 18.5. The summed E-state index contributed by atoms with van der Waals surface area (Å²) < 4.78 is 10.6. The zero-order chi connectivity index (χ0) is 14.4. The highest BCUT2D eigenvalue weighted by Gasteiger charge is 2.34. The minimum absolute atomic E-state index is 0.119. The number of nitrogens with zero attached hydrogens (tertiary/aromatic N) is 2. The largest absolute Gasteiger partial charge is 0.383 e. The van der Waals surface area contributed by atoms with Crippen LogP contribution in [0.3, 0.4) is 0 Å². The molecule has 0 aliphatic carbocycles. The predicted octanol–water partition coefficient (Wildman–Crippen LogP) is 1.28. The van der Waals surface area contributed by atoms with Gasteiger partial charge < -0.3 is 14.4 Å². The summed E-state index contributed by atoms with van der Waals surface area (Å²) in [6.07, 6.45) is 3.87. The van der Waals surface area contributed by atoms with Crippen molar-refractivity contribution in [3.63, 3.8) is 0 Å². The molecule has 1 amide bonds. The van der Waals surface area contributed by atoms with Gasteiger partial charge in [0.05, 0.1) is 18.8 Å². The van der Waals surface area contributed by atoms with Crippen LogP contribution in [0, 0.1) is 0 Å². The number of carbonyl (C=O) groups excluding carboxylic acids is 1. The number of carbonyl (C=O) groups is 1. The van der Waals surface area contributed by atoms with Crippen molar-refractivity contribution in [2.75, 3.05) is 27.4 Å². The van der Waals surface area contributed by atoms with E-state index in [1.165, 1.54) is 0 Å². The number of amides is 1. The Labute approximate surface area is 119 Å². The number of aryl methyl sites for hydroxylation is 1. The molecule has 2 atom stereocenters. The van der Waals surface area contributed by atoms with Crippen molar-refractivity contribution in [1.29, 1.82) is 0 Å². The molecule has 110 valence electrons. The molecule has 0 radical (unpaired) electrons. The number of rotatable bonds is 6. The number of ether oxygens (including phenoxy) is 2. The standard InChI is InChI=1S/C15H22N2O3/c1-19-11-13-9-14(20-2)10-17(13)15(18)7-6-12-5-3-4-8-16-12/h3-5,8,13-14H,6-7,9-11H2,1-2H3/t13-,14+/m0/s1. The van der Waals surface area contributed by atoms with E-state index in [-0.39, 0.29) is 18.1 Å². The van der Waals surface area contributed by atoms with Crippen LogP contribution in [0.2, 0.25) is 0 Å². The lowest BCUT2D eigenvalue weighted by molar-refractivity contribution is -0.133. The van der Waals surface area contributed by atoms with Crippen molar-refractivity contribution >= 4 is 5.91 Å². The van der Waals surface area contributed by atoms with Crippen LogP contribution in [0.5, 0.6) is 0 Å². The maximum Gasteiger partial charge on any atom is 0.223 e. The first-order valence-electron chi connectivity index (χ1n) is 6.95. The van der Waals surface area contributed by atoms with Gasteiger partial charge in [0.2, 0.25) is 5.91 Å². The topological polar surface area (TPSA) is 51.7 Å². The summed E-state index contributed by atoms with van der Waals surface area (Å²) in [7, 11) is 3.35. The Bertz CT molecular complexity index is 424. The molecular formula is C15H22N2O3. The van der Waals surface area contributed by atoms with E-state index in [0.717, 1.165) is 12.1 Å². The molecule has 0 bridgehead atoms. The van der Waals surface area contributed by atoms with Crippen molar-refractivity contribution in [2.24, 2.45) is 0 Å². The molecule has 1 aliphatic rings. The van der Waals surface area contributed by atoms with Crippen LogP contribution in [0.25, 0.3) is 0 Å². The molecule has 1 fully saturated rings. The fourth-order valence-corrected chi connectivity index (χ4v) is 2.62. The molecule has 2 heterocycles. The fourth-order valence-electron chi connectivity index (χ4n) is 2.62. The lowest BCUT2D eigenvalue weighted by Crippen LogP contribution is -2.38. The molecule has 0 saturated carbocycles. The Morgan fingerprint density at radius 3 is 2.95 bits per heavy atom. The molecule has 5 heteroatoms. The second-order valence-electron chi connectivity index (χ2n) is 5.07. The summed E-state index contributed by atoms with van der Waals surface area (Å²) in [6.45, 7) is 1.22. The van der Waals surface area contributed by atoms with Crippen LogP contribution >= 0.6 is 0 Å². The van der Waals surface area contributed by atoms with Gasteiger partial charge in [0.15, 0.2) is 0 Å². The van der Waals surface area contributed by atoms with Gasteiger partial charge in [-0.05, 0) is 25.0 Å². The van der Waals surface area contributed by atoms with Crippen LogP contribution < -0.4 is 0 Å². The summed E-state index contributed by atoms with van der Waals surface area (Å²) in [6, 6.07) is 5.89. The molecule has 0 N–H and O–H groups in total. The third-order valence-electron chi connectivity index (χ3n) is 3.71. The highest BCUT2D eigenvalue weighted by atomic mass is 16.5. The van der Waals surface area contributed by atoms with E-state index in [1.54, 1.807) is 20.4 Å². The van der Waals surface area contributed by atoms with Crippen molar-refractivity contribution in [3.05, 3.63) is 30.1 Å². The number of hydrogen-bond acceptors (Lipinski definition) is 4. The van der Waals surface area contributed by atoms with E-state index in [2.05, 4.69) is 4.98 Å². The lowest BCUT2D eigenvalue weighted by Gasteiger charge is -2.23. The molecule has 2 rings (SSSR count). The average Bonchev–Trinajstić information content (AvgIpc) is 2.89. The first kappa shape index (κ1) is 14.9. The highest BCUT2D eigenvalue weighted by Crippen LogP contribution is 2.21. The van der Waals surface area contributed by atoms with E-state index < -0.39 is 0 Å².